The lowest BCUT2D eigenvalue weighted by Gasteiger charge is -2.24. The zero-order valence-electron chi connectivity index (χ0n) is 16.1. The zero-order valence-corrected chi connectivity index (χ0v) is 16.1. The molecule has 0 amide bonds. The first-order valence-electron chi connectivity index (χ1n) is 9.54. The minimum Gasteiger partial charge on any atom is -0.382 e. The Balaban J connectivity index is 1.49. The van der Waals surface area contributed by atoms with Crippen molar-refractivity contribution in [1.29, 1.82) is 0 Å². The van der Waals surface area contributed by atoms with Crippen molar-refractivity contribution in [3.05, 3.63) is 52.7 Å². The molecule has 2 aliphatic rings. The predicted molar refractivity (Wildman–Crippen MR) is 105 cm³/mol. The van der Waals surface area contributed by atoms with Gasteiger partial charge in [0.05, 0.1) is 19.3 Å². The number of halogens is 2. The van der Waals surface area contributed by atoms with E-state index in [1.807, 2.05) is 6.08 Å². The molecule has 150 valence electrons. The Morgan fingerprint density at radius 2 is 2.11 bits per heavy atom. The van der Waals surface area contributed by atoms with Crippen LogP contribution in [-0.4, -0.2) is 37.2 Å². The first-order chi connectivity index (χ1) is 13.6. The molecule has 5 nitrogen and oxygen atoms in total. The van der Waals surface area contributed by atoms with Crippen molar-refractivity contribution in [3.8, 4) is 0 Å². The summed E-state index contributed by atoms with van der Waals surface area (Å²) >= 11 is 0. The fourth-order valence-corrected chi connectivity index (χ4v) is 4.02. The van der Waals surface area contributed by atoms with E-state index < -0.39 is 11.6 Å². The standard InChI is InChI=1S/C21H25F2N3O2/c1-26-19-7-4-14(28-10-9-27-2)12-16(19)15-5-8-20(25-21(15)26)24-13-3-6-17(22)18(23)11-13/h3,5-6,8,11,14,20,24-25H,4,7,9-10,12H2,1-2H3. The molecule has 2 N–H and O–H groups in total. The average molecular weight is 389 g/mol. The molecule has 0 radical (unpaired) electrons. The highest BCUT2D eigenvalue weighted by atomic mass is 19.2. The van der Waals surface area contributed by atoms with E-state index in [1.54, 1.807) is 7.11 Å². The van der Waals surface area contributed by atoms with Crippen LogP contribution in [0.1, 0.15) is 23.2 Å². The molecule has 1 aromatic carbocycles. The highest BCUT2D eigenvalue weighted by molar-refractivity contribution is 5.75. The first kappa shape index (κ1) is 19.0. The maximum absolute atomic E-state index is 13.5. The van der Waals surface area contributed by atoms with Gasteiger partial charge in [-0.15, -0.1) is 0 Å². The molecule has 2 atom stereocenters. The van der Waals surface area contributed by atoms with Crippen molar-refractivity contribution >= 4 is 17.6 Å². The molecule has 0 fully saturated rings. The van der Waals surface area contributed by atoms with Crippen molar-refractivity contribution < 1.29 is 18.3 Å². The van der Waals surface area contributed by atoms with E-state index in [4.69, 9.17) is 9.47 Å². The van der Waals surface area contributed by atoms with Gasteiger partial charge in [-0.1, -0.05) is 6.08 Å². The SMILES string of the molecule is COCCOC1CCc2c(c3c(n2C)NC(Nc2ccc(F)c(F)c2)C=C3)C1. The molecule has 1 aromatic heterocycles. The van der Waals surface area contributed by atoms with Crippen LogP contribution in [0.25, 0.3) is 6.08 Å². The maximum Gasteiger partial charge on any atom is 0.160 e. The monoisotopic (exact) mass is 389 g/mol. The van der Waals surface area contributed by atoms with Gasteiger partial charge in [-0.2, -0.15) is 0 Å². The van der Waals surface area contributed by atoms with E-state index in [2.05, 4.69) is 28.3 Å². The van der Waals surface area contributed by atoms with E-state index in [0.717, 1.165) is 31.1 Å². The number of hydrogen-bond acceptors (Lipinski definition) is 4. The van der Waals surface area contributed by atoms with E-state index in [-0.39, 0.29) is 12.3 Å². The van der Waals surface area contributed by atoms with Crippen molar-refractivity contribution in [1.82, 2.24) is 4.57 Å². The largest absolute Gasteiger partial charge is 0.382 e. The normalized spacial score (nSPS) is 20.4. The van der Waals surface area contributed by atoms with Crippen LogP contribution in [0.3, 0.4) is 0 Å². The molecule has 7 heteroatoms. The van der Waals surface area contributed by atoms with Crippen molar-refractivity contribution in [2.24, 2.45) is 7.05 Å². The lowest BCUT2D eigenvalue weighted by atomic mass is 9.92. The van der Waals surface area contributed by atoms with Crippen molar-refractivity contribution in [3.63, 3.8) is 0 Å². The van der Waals surface area contributed by atoms with Gasteiger partial charge in [0.25, 0.3) is 0 Å². The molecular formula is C21H25F2N3O2. The molecule has 28 heavy (non-hydrogen) atoms. The summed E-state index contributed by atoms with van der Waals surface area (Å²) in [4.78, 5) is 0. The Bertz CT molecular complexity index is 894. The Hall–Kier alpha value is -2.38. The summed E-state index contributed by atoms with van der Waals surface area (Å²) in [6.45, 7) is 1.22. The Morgan fingerprint density at radius 3 is 2.89 bits per heavy atom. The van der Waals surface area contributed by atoms with E-state index in [1.165, 1.54) is 29.0 Å². The van der Waals surface area contributed by atoms with Gasteiger partial charge in [0.1, 0.15) is 12.0 Å². The molecule has 2 heterocycles. The van der Waals surface area contributed by atoms with Crippen LogP contribution in [-0.2, 0) is 29.4 Å². The van der Waals surface area contributed by atoms with E-state index in [9.17, 15) is 8.78 Å². The Kier molecular flexibility index (Phi) is 5.37. The molecule has 0 spiro atoms. The molecule has 1 aliphatic heterocycles. The first-order valence-corrected chi connectivity index (χ1v) is 9.54. The molecule has 4 rings (SSSR count). The minimum absolute atomic E-state index is 0.207. The van der Waals surface area contributed by atoms with Crippen molar-refractivity contribution in [2.75, 3.05) is 31.0 Å². The van der Waals surface area contributed by atoms with Gasteiger partial charge in [-0.25, -0.2) is 8.78 Å². The summed E-state index contributed by atoms with van der Waals surface area (Å²) in [5.74, 6) is -0.679. The lowest BCUT2D eigenvalue weighted by Crippen LogP contribution is -2.29. The molecule has 1 aliphatic carbocycles. The number of fused-ring (bicyclic) bond motifs is 3. The number of nitrogens with one attached hydrogen (secondary N) is 2. The van der Waals surface area contributed by atoms with Gasteiger partial charge in [0, 0.05) is 43.6 Å². The lowest BCUT2D eigenvalue weighted by molar-refractivity contribution is 0.0108. The molecule has 2 aromatic rings. The number of rotatable bonds is 6. The van der Waals surface area contributed by atoms with Crippen LogP contribution < -0.4 is 10.6 Å². The molecule has 2 unspecified atom stereocenters. The van der Waals surface area contributed by atoms with Crippen LogP contribution in [0, 0.1) is 11.6 Å². The van der Waals surface area contributed by atoms with Crippen molar-refractivity contribution in [2.45, 2.75) is 31.5 Å². The minimum atomic E-state index is -0.862. The Labute approximate surface area is 163 Å². The second kappa shape index (κ2) is 7.93. The van der Waals surface area contributed by atoms with E-state index in [0.29, 0.717) is 18.9 Å². The van der Waals surface area contributed by atoms with Gasteiger partial charge in [-0.3, -0.25) is 0 Å². The molecule has 0 saturated carbocycles. The maximum atomic E-state index is 13.5. The van der Waals surface area contributed by atoms with Crippen LogP contribution in [0.15, 0.2) is 24.3 Å². The summed E-state index contributed by atoms with van der Waals surface area (Å²) in [5, 5.41) is 6.64. The quantitative estimate of drug-likeness (QED) is 0.740. The number of anilines is 2. The Morgan fingerprint density at radius 1 is 1.25 bits per heavy atom. The molecular weight excluding hydrogens is 364 g/mol. The smallest absolute Gasteiger partial charge is 0.160 e. The number of nitrogens with zero attached hydrogens (tertiary/aromatic N) is 1. The zero-order chi connectivity index (χ0) is 19.7. The summed E-state index contributed by atoms with van der Waals surface area (Å²) in [7, 11) is 3.74. The topological polar surface area (TPSA) is 47.5 Å². The van der Waals surface area contributed by atoms with Crippen LogP contribution in [0.4, 0.5) is 20.3 Å². The summed E-state index contributed by atoms with van der Waals surface area (Å²) < 4.78 is 39.8. The summed E-state index contributed by atoms with van der Waals surface area (Å²) in [5.41, 5.74) is 4.35. The highest BCUT2D eigenvalue weighted by Crippen LogP contribution is 2.36. The van der Waals surface area contributed by atoms with Gasteiger partial charge < -0.3 is 24.7 Å². The van der Waals surface area contributed by atoms with E-state index >= 15 is 0 Å². The number of benzene rings is 1. The molecule has 0 saturated heterocycles. The van der Waals surface area contributed by atoms with Gasteiger partial charge in [0.2, 0.25) is 0 Å². The van der Waals surface area contributed by atoms with Gasteiger partial charge in [-0.05, 0) is 36.6 Å². The van der Waals surface area contributed by atoms with Crippen LogP contribution in [0.2, 0.25) is 0 Å². The fourth-order valence-electron chi connectivity index (χ4n) is 4.02. The highest BCUT2D eigenvalue weighted by Gasteiger charge is 2.29. The number of methoxy groups -OCH3 is 1. The third-order valence-corrected chi connectivity index (χ3v) is 5.43. The second-order valence-electron chi connectivity index (χ2n) is 7.23. The number of hydrogen-bond donors (Lipinski definition) is 2. The summed E-state index contributed by atoms with van der Waals surface area (Å²) in [6.07, 6.45) is 6.94. The van der Waals surface area contributed by atoms with Crippen LogP contribution >= 0.6 is 0 Å². The third kappa shape index (κ3) is 3.64. The second-order valence-corrected chi connectivity index (χ2v) is 7.23. The number of ether oxygens (including phenoxy) is 2. The summed E-state index contributed by atoms with van der Waals surface area (Å²) in [6, 6.07) is 3.82. The average Bonchev–Trinajstić information content (AvgIpc) is 2.97. The fraction of sp³-hybridized carbons (Fsp3) is 0.429. The van der Waals surface area contributed by atoms with Gasteiger partial charge in [0.15, 0.2) is 11.6 Å². The number of aromatic nitrogens is 1. The van der Waals surface area contributed by atoms with Gasteiger partial charge >= 0.3 is 0 Å². The van der Waals surface area contributed by atoms with Crippen LogP contribution in [0.5, 0.6) is 0 Å². The predicted octanol–water partition coefficient (Wildman–Crippen LogP) is 3.70. The third-order valence-electron chi connectivity index (χ3n) is 5.43. The molecule has 0 bridgehead atoms.